The second-order valence-corrected chi connectivity index (χ2v) is 6.85. The van der Waals surface area contributed by atoms with Gasteiger partial charge in [-0.1, -0.05) is 0 Å². The molecule has 1 saturated heterocycles. The average molecular weight is 396 g/mol. The summed E-state index contributed by atoms with van der Waals surface area (Å²) in [7, 11) is 0. The lowest BCUT2D eigenvalue weighted by Gasteiger charge is -2.37. The lowest BCUT2D eigenvalue weighted by molar-refractivity contribution is -0.384. The van der Waals surface area contributed by atoms with Crippen LogP contribution >= 0.6 is 11.8 Å². The molecule has 9 nitrogen and oxygen atoms in total. The van der Waals surface area contributed by atoms with E-state index in [1.165, 1.54) is 47.1 Å². The summed E-state index contributed by atoms with van der Waals surface area (Å²) in [6.45, 7) is -0.0478. The third kappa shape index (κ3) is 3.25. The summed E-state index contributed by atoms with van der Waals surface area (Å²) >= 11 is 1.34. The number of β-lactam (4-membered cyclic amide) rings is 1. The molecule has 140 valence electrons. The third-order valence-electron chi connectivity index (χ3n) is 4.15. The Labute approximate surface area is 162 Å². The number of amides is 1. The minimum Gasteiger partial charge on any atom is -0.456 e. The van der Waals surface area contributed by atoms with Crippen molar-refractivity contribution in [2.24, 2.45) is 0 Å². The van der Waals surface area contributed by atoms with E-state index in [-0.39, 0.29) is 29.3 Å². The number of nitro benzene ring substituents is 1. The highest BCUT2D eigenvalue weighted by molar-refractivity contribution is 8.03. The van der Waals surface area contributed by atoms with E-state index < -0.39 is 10.9 Å². The highest BCUT2D eigenvalue weighted by Crippen LogP contribution is 2.45. The zero-order chi connectivity index (χ0) is 19.7. The number of carbonyl (C=O) groups is 2. The molecule has 3 heterocycles. The zero-order valence-electron chi connectivity index (χ0n) is 14.2. The molecule has 28 heavy (non-hydrogen) atoms. The van der Waals surface area contributed by atoms with Crippen molar-refractivity contribution in [1.82, 2.24) is 14.9 Å². The number of rotatable bonds is 5. The summed E-state index contributed by atoms with van der Waals surface area (Å²) in [4.78, 5) is 44.4. The van der Waals surface area contributed by atoms with Crippen LogP contribution < -0.4 is 0 Å². The summed E-state index contributed by atoms with van der Waals surface area (Å²) < 4.78 is 5.24. The van der Waals surface area contributed by atoms with Gasteiger partial charge in [-0.05, 0) is 23.8 Å². The number of aromatic nitrogens is 2. The first-order chi connectivity index (χ1) is 13.5. The summed E-state index contributed by atoms with van der Waals surface area (Å²) in [5, 5.41) is 12.0. The molecule has 1 amide bonds. The zero-order valence-corrected chi connectivity index (χ0v) is 15.0. The Hall–Kier alpha value is -3.53. The molecule has 2 aromatic rings. The molecule has 0 aliphatic carbocycles. The van der Waals surface area contributed by atoms with Crippen molar-refractivity contribution in [2.45, 2.75) is 12.0 Å². The molecule has 2 aliphatic heterocycles. The fourth-order valence-electron chi connectivity index (χ4n) is 2.74. The van der Waals surface area contributed by atoms with E-state index >= 15 is 0 Å². The fourth-order valence-corrected chi connectivity index (χ4v) is 3.85. The Morgan fingerprint density at radius 2 is 2.11 bits per heavy atom. The van der Waals surface area contributed by atoms with Gasteiger partial charge in [0, 0.05) is 29.9 Å². The molecule has 1 aromatic carbocycles. The lowest BCUT2D eigenvalue weighted by atomic mass is 10.0. The van der Waals surface area contributed by atoms with Crippen molar-refractivity contribution in [3.05, 3.63) is 80.9 Å². The minimum absolute atomic E-state index is 0.0404. The van der Waals surface area contributed by atoms with Gasteiger partial charge in [-0.25, -0.2) is 4.79 Å². The van der Waals surface area contributed by atoms with Crippen LogP contribution in [0.4, 0.5) is 5.69 Å². The number of hydrogen-bond acceptors (Lipinski definition) is 8. The summed E-state index contributed by atoms with van der Waals surface area (Å²) in [6, 6.07) is 5.71. The van der Waals surface area contributed by atoms with Gasteiger partial charge < -0.3 is 4.74 Å². The van der Waals surface area contributed by atoms with Gasteiger partial charge in [-0.15, -0.1) is 11.8 Å². The summed E-state index contributed by atoms with van der Waals surface area (Å²) in [5.74, 6) is -0.903. The molecule has 10 heteroatoms. The molecule has 1 aromatic heterocycles. The molecule has 0 radical (unpaired) electrons. The van der Waals surface area contributed by atoms with E-state index in [4.69, 9.17) is 4.74 Å². The molecule has 1 fully saturated rings. The monoisotopic (exact) mass is 396 g/mol. The number of hydrogen-bond donors (Lipinski definition) is 0. The van der Waals surface area contributed by atoms with E-state index in [0.717, 1.165) is 0 Å². The Balaban J connectivity index is 1.38. The maximum atomic E-state index is 12.4. The molecule has 1 atom stereocenters. The van der Waals surface area contributed by atoms with Crippen LogP contribution in [0.1, 0.15) is 11.3 Å². The van der Waals surface area contributed by atoms with E-state index in [0.29, 0.717) is 16.8 Å². The molecule has 0 unspecified atom stereocenters. The van der Waals surface area contributed by atoms with Crippen LogP contribution in [-0.4, -0.2) is 37.0 Å². The summed E-state index contributed by atoms with van der Waals surface area (Å²) in [6.07, 6.45) is 6.29. The second-order valence-electron chi connectivity index (χ2n) is 5.90. The average Bonchev–Trinajstić information content (AvgIpc) is 3.12. The first kappa shape index (κ1) is 17.9. The molecule has 0 saturated carbocycles. The van der Waals surface area contributed by atoms with Crippen LogP contribution in [0.25, 0.3) is 6.08 Å². The summed E-state index contributed by atoms with van der Waals surface area (Å²) in [5.41, 5.74) is 1.86. The number of esters is 1. The Morgan fingerprint density at radius 3 is 2.79 bits per heavy atom. The van der Waals surface area contributed by atoms with Gasteiger partial charge in [0.05, 0.1) is 22.4 Å². The number of ether oxygens (including phenoxy) is 1. The van der Waals surface area contributed by atoms with Gasteiger partial charge in [-0.2, -0.15) is 0 Å². The Kier molecular flexibility index (Phi) is 4.62. The van der Waals surface area contributed by atoms with Crippen LogP contribution in [0.3, 0.4) is 0 Å². The smallest absolute Gasteiger partial charge is 0.355 e. The topological polar surface area (TPSA) is 116 Å². The molecule has 0 bridgehead atoms. The molecule has 4 rings (SSSR count). The van der Waals surface area contributed by atoms with Gasteiger partial charge in [0.15, 0.2) is 0 Å². The van der Waals surface area contributed by atoms with Crippen molar-refractivity contribution in [1.29, 1.82) is 0 Å². The van der Waals surface area contributed by atoms with Crippen molar-refractivity contribution >= 4 is 35.4 Å². The number of fused-ring (bicyclic) bond motifs is 1. The van der Waals surface area contributed by atoms with E-state index in [9.17, 15) is 19.7 Å². The van der Waals surface area contributed by atoms with E-state index in [2.05, 4.69) is 9.97 Å². The van der Waals surface area contributed by atoms with Crippen LogP contribution in [0.2, 0.25) is 0 Å². The largest absolute Gasteiger partial charge is 0.456 e. The standard InChI is InChI=1S/C18H12N4O5S/c23-16-14(7-12-8-19-5-6-20-12)17-21(16)15(10-28-17)18(24)27-9-11-1-3-13(4-2-11)22(25)26/h1-8,10,17H,9H2/t17-/m1/s1. The molecule has 2 aliphatic rings. The quantitative estimate of drug-likeness (QED) is 0.248. The maximum Gasteiger partial charge on any atom is 0.355 e. The van der Waals surface area contributed by atoms with Gasteiger partial charge in [0.1, 0.15) is 17.7 Å². The molecular weight excluding hydrogens is 384 g/mol. The maximum absolute atomic E-state index is 12.4. The molecule has 0 N–H and O–H groups in total. The number of nitrogens with zero attached hydrogens (tertiary/aromatic N) is 4. The fraction of sp³-hybridized carbons (Fsp3) is 0.111. The van der Waals surface area contributed by atoms with Crippen molar-refractivity contribution < 1.29 is 19.2 Å². The normalized spacial score (nSPS) is 19.1. The van der Waals surface area contributed by atoms with Crippen LogP contribution in [0.5, 0.6) is 0 Å². The van der Waals surface area contributed by atoms with E-state index in [1.807, 2.05) is 0 Å². The third-order valence-corrected chi connectivity index (χ3v) is 5.23. The highest BCUT2D eigenvalue weighted by atomic mass is 32.2. The van der Waals surface area contributed by atoms with Crippen LogP contribution in [0.15, 0.2) is 59.5 Å². The van der Waals surface area contributed by atoms with E-state index in [1.54, 1.807) is 23.9 Å². The predicted molar refractivity (Wildman–Crippen MR) is 99.2 cm³/mol. The van der Waals surface area contributed by atoms with Crippen molar-refractivity contribution in [2.75, 3.05) is 0 Å². The Morgan fingerprint density at radius 1 is 1.32 bits per heavy atom. The van der Waals surface area contributed by atoms with Gasteiger partial charge in [0.25, 0.3) is 11.6 Å². The van der Waals surface area contributed by atoms with Crippen LogP contribution in [-0.2, 0) is 20.9 Å². The molecule has 0 spiro atoms. The van der Waals surface area contributed by atoms with Crippen molar-refractivity contribution in [3.63, 3.8) is 0 Å². The molecular formula is C18H12N4O5S. The van der Waals surface area contributed by atoms with Gasteiger partial charge >= 0.3 is 5.97 Å². The lowest BCUT2D eigenvalue weighted by Crippen LogP contribution is -2.51. The number of carbonyl (C=O) groups excluding carboxylic acids is 2. The minimum atomic E-state index is -0.625. The predicted octanol–water partition coefficient (Wildman–Crippen LogP) is 2.27. The van der Waals surface area contributed by atoms with Crippen molar-refractivity contribution in [3.8, 4) is 0 Å². The number of nitro groups is 1. The van der Waals surface area contributed by atoms with Gasteiger partial charge in [0.2, 0.25) is 0 Å². The SMILES string of the molecule is O=C(OCc1ccc([N+](=O)[O-])cc1)C1=CS[C@@H]2C(=Cc3cnccn3)C(=O)N12. The first-order valence-electron chi connectivity index (χ1n) is 8.12. The number of thioether (sulfide) groups is 1. The first-order valence-corrected chi connectivity index (χ1v) is 9.06. The number of benzene rings is 1. The second kappa shape index (κ2) is 7.24. The van der Waals surface area contributed by atoms with Gasteiger partial charge in [-0.3, -0.25) is 29.8 Å². The number of non-ortho nitro benzene ring substituents is 1. The Bertz CT molecular complexity index is 1020. The van der Waals surface area contributed by atoms with Crippen LogP contribution in [0, 0.1) is 10.1 Å². The highest BCUT2D eigenvalue weighted by Gasteiger charge is 2.49.